The third-order valence-electron chi connectivity index (χ3n) is 13.1. The van der Waals surface area contributed by atoms with Crippen molar-refractivity contribution in [2.75, 3.05) is 46.1 Å². The molecule has 7 amide bonds. The number of thiol groups is 1. The second kappa shape index (κ2) is 25.3. The van der Waals surface area contributed by atoms with Gasteiger partial charge in [0.2, 0.25) is 41.4 Å². The molecule has 0 bridgehead atoms. The van der Waals surface area contributed by atoms with Gasteiger partial charge in [-0.2, -0.15) is 12.6 Å². The molecule has 2 aromatic carbocycles. The fourth-order valence-electron chi connectivity index (χ4n) is 9.21. The number of rotatable bonds is 18. The summed E-state index contributed by atoms with van der Waals surface area (Å²) < 4.78 is 27.8. The van der Waals surface area contributed by atoms with Crippen molar-refractivity contribution >= 4 is 70.9 Å². The molecule has 74 heavy (non-hydrogen) atoms. The molecule has 22 heteroatoms. The molecule has 396 valence electrons. The van der Waals surface area contributed by atoms with Crippen LogP contribution in [0.1, 0.15) is 104 Å². The van der Waals surface area contributed by atoms with Crippen LogP contribution in [0.15, 0.2) is 47.3 Å². The number of hydrogen-bond acceptors (Lipinski definition) is 14. The Morgan fingerprint density at radius 3 is 2.07 bits per heavy atom. The van der Waals surface area contributed by atoms with Gasteiger partial charge in [-0.25, -0.2) is 14.2 Å². The van der Waals surface area contributed by atoms with Crippen molar-refractivity contribution in [2.24, 2.45) is 0 Å². The summed E-state index contributed by atoms with van der Waals surface area (Å²) in [4.78, 5) is 117. The molecule has 3 aliphatic heterocycles. The van der Waals surface area contributed by atoms with E-state index in [-0.39, 0.29) is 81.3 Å². The van der Waals surface area contributed by atoms with Crippen LogP contribution in [-0.2, 0) is 72.8 Å². The Hall–Kier alpha value is -7.04. The summed E-state index contributed by atoms with van der Waals surface area (Å²) in [5.41, 5.74) is 4.54. The largest absolute Gasteiger partial charge is 0.458 e. The predicted octanol–water partition coefficient (Wildman–Crippen LogP) is 2.36. The third-order valence-corrected chi connectivity index (χ3v) is 13.5. The molecule has 2 aromatic heterocycles. The molecule has 6 N–H and O–H groups in total. The lowest BCUT2D eigenvalue weighted by molar-refractivity contribution is -0.157. The van der Waals surface area contributed by atoms with Gasteiger partial charge in [-0.15, -0.1) is 0 Å². The minimum atomic E-state index is -1.63. The molecule has 0 spiro atoms. The highest BCUT2D eigenvalue weighted by molar-refractivity contribution is 7.81. The summed E-state index contributed by atoms with van der Waals surface area (Å²) in [5, 5.41) is 22.8. The maximum Gasteiger partial charge on any atom is 0.340 e. The van der Waals surface area contributed by atoms with E-state index >= 15 is 4.39 Å². The van der Waals surface area contributed by atoms with Gasteiger partial charge < -0.3 is 45.7 Å². The number of halogens is 1. The van der Waals surface area contributed by atoms with E-state index in [1.807, 2.05) is 39.0 Å². The maximum atomic E-state index is 15.3. The first-order valence-electron chi connectivity index (χ1n) is 24.6. The number of carbonyl (C=O) groups is 8. The zero-order chi connectivity index (χ0) is 53.9. The molecular formula is C52H63FN8O12S. The Bertz CT molecular complexity index is 2900. The number of hydrogen-bond donors (Lipinski definition) is 7. The van der Waals surface area contributed by atoms with Crippen molar-refractivity contribution in [3.8, 4) is 11.4 Å². The van der Waals surface area contributed by atoms with Gasteiger partial charge in [0.15, 0.2) is 6.10 Å². The molecule has 4 aromatic rings. The van der Waals surface area contributed by atoms with E-state index in [0.29, 0.717) is 54.6 Å². The predicted molar refractivity (Wildman–Crippen MR) is 272 cm³/mol. The number of cyclic esters (lactones) is 1. The number of amides is 7. The lowest BCUT2D eigenvalue weighted by atomic mass is 9.69. The lowest BCUT2D eigenvalue weighted by Crippen LogP contribution is -2.45. The molecule has 0 radical (unpaired) electrons. The topological polar surface area (TPSA) is 274 Å². The van der Waals surface area contributed by atoms with Crippen molar-refractivity contribution in [1.29, 1.82) is 0 Å². The molecular weight excluding hydrogens is 980 g/mol. The molecule has 2 unspecified atom stereocenters. The summed E-state index contributed by atoms with van der Waals surface area (Å²) in [6.45, 7) is 8.01. The Labute approximate surface area is 432 Å². The molecule has 5 heterocycles. The smallest absolute Gasteiger partial charge is 0.340 e. The van der Waals surface area contributed by atoms with Gasteiger partial charge in [-0.1, -0.05) is 63.1 Å². The van der Waals surface area contributed by atoms with Gasteiger partial charge in [0.05, 0.1) is 67.0 Å². The van der Waals surface area contributed by atoms with Crippen LogP contribution < -0.4 is 32.1 Å². The number of aryl methyl sites for hydroxylation is 2. The normalized spacial score (nSPS) is 17.8. The first-order valence-corrected chi connectivity index (χ1v) is 25.1. The number of aromatic nitrogens is 2. The Morgan fingerprint density at radius 2 is 1.47 bits per heavy atom. The van der Waals surface area contributed by atoms with Crippen LogP contribution >= 0.6 is 12.6 Å². The number of unbranched alkanes of at least 4 members (excludes halogenated alkanes) is 2. The number of ether oxygens (including phenoxy) is 2. The van der Waals surface area contributed by atoms with Crippen molar-refractivity contribution in [3.63, 3.8) is 0 Å². The van der Waals surface area contributed by atoms with Crippen LogP contribution in [0.4, 0.5) is 4.39 Å². The van der Waals surface area contributed by atoms with Gasteiger partial charge >= 0.3 is 5.97 Å². The van der Waals surface area contributed by atoms with E-state index in [2.05, 4.69) is 58.3 Å². The summed E-state index contributed by atoms with van der Waals surface area (Å²) in [7, 11) is 0. The number of pyridine rings is 2. The van der Waals surface area contributed by atoms with Gasteiger partial charge in [-0.3, -0.25) is 43.3 Å². The molecule has 0 saturated carbocycles. The second-order valence-electron chi connectivity index (χ2n) is 18.4. The fraction of sp³-hybridized carbons (Fsp3) is 0.462. The number of likely N-dealkylation sites (tertiary alicyclic amines) is 1. The van der Waals surface area contributed by atoms with Crippen LogP contribution in [0.25, 0.3) is 22.3 Å². The Kier molecular flexibility index (Phi) is 19.2. The molecule has 8 rings (SSSR count). The number of imide groups is 1. The van der Waals surface area contributed by atoms with Crippen molar-refractivity contribution in [3.05, 3.63) is 97.6 Å². The van der Waals surface area contributed by atoms with E-state index in [9.17, 15) is 48.3 Å². The fourth-order valence-corrected chi connectivity index (χ4v) is 9.51. The molecule has 1 aliphatic carbocycles. The first-order chi connectivity index (χ1) is 35.4. The van der Waals surface area contributed by atoms with Crippen LogP contribution in [-0.4, -0.2) is 118 Å². The first kappa shape index (κ1) is 56.3. The number of fused-ring (bicyclic) bond motifs is 5. The van der Waals surface area contributed by atoms with Crippen LogP contribution in [0, 0.1) is 19.7 Å². The monoisotopic (exact) mass is 1040 g/mol. The number of nitrogens with zero attached hydrogens (tertiary/aromatic N) is 3. The van der Waals surface area contributed by atoms with E-state index in [0.717, 1.165) is 22.1 Å². The molecule has 4 aliphatic rings. The highest BCUT2D eigenvalue weighted by Gasteiger charge is 2.42. The number of aliphatic hydroxyl groups is 1. The van der Waals surface area contributed by atoms with Gasteiger partial charge in [0.1, 0.15) is 19.2 Å². The second-order valence-corrected chi connectivity index (χ2v) is 19.0. The molecule has 3 atom stereocenters. The number of esters is 1. The minimum Gasteiger partial charge on any atom is -0.458 e. The average molecular weight is 1040 g/mol. The van der Waals surface area contributed by atoms with E-state index in [1.165, 1.54) is 21.1 Å². The van der Waals surface area contributed by atoms with Gasteiger partial charge in [0.25, 0.3) is 5.56 Å². The maximum absolute atomic E-state index is 15.3. The van der Waals surface area contributed by atoms with Crippen LogP contribution in [0.5, 0.6) is 0 Å². The zero-order valence-electron chi connectivity index (χ0n) is 42.1. The average Bonchev–Trinajstić information content (AvgIpc) is 3.87. The SMILES string of the molecule is CC.Cc1c(F)cc2nc3c(c4c2c1CC[C@@]4(C)COCNC(=O)CNC(=O)CNC(=O)CNC(=O)CNC(=O)CCCCCN1C(=O)CC(S)C1=O)Cn1c-3cc2c(c1=O)COC(=O)C2O.Cc1ccccc1. The van der Waals surface area contributed by atoms with E-state index in [4.69, 9.17) is 14.5 Å². The minimum absolute atomic E-state index is 0.0829. The summed E-state index contributed by atoms with van der Waals surface area (Å²) in [5.74, 6) is -4.82. The summed E-state index contributed by atoms with van der Waals surface area (Å²) >= 11 is 4.08. The third kappa shape index (κ3) is 13.2. The standard InChI is InChI=1S/C43H49FN8O12S.C7H8.C2H6/c1-21-22-7-8-43(2,37-24-17-52-28(38(24)50-27(36(22)37)11-26(21)44)10-23-25(40(52)60)18-64-42(62)39(23)59)19-63-20-49-34(57)16-48-33(56)15-47-32(55)14-46-31(54)13-45-30(53)6-4-3-5-9-51-35(58)12-29(65)41(51)61;1-7-5-3-2-4-6-7;1-2/h10-11,29,39,59,65H,3-9,12-20H2,1-2H3,(H,45,53)(H,46,54)(H,47,55)(H,48,56)(H,49,57);2-6H,1H3;1-2H3/t29?,39?,43-;;/m0../s1. The number of benzene rings is 2. The number of nitrogens with one attached hydrogen (secondary N) is 5. The number of carbonyl (C=O) groups excluding carboxylic acids is 8. The Balaban J connectivity index is 0.000000904. The van der Waals surface area contributed by atoms with E-state index < -0.39 is 77.4 Å². The quantitative estimate of drug-likeness (QED) is 0.0219. The zero-order valence-corrected chi connectivity index (χ0v) is 43.0. The molecule has 1 fully saturated rings. The van der Waals surface area contributed by atoms with Crippen molar-refractivity contribution in [1.82, 2.24) is 41.0 Å². The van der Waals surface area contributed by atoms with Crippen molar-refractivity contribution < 1.29 is 57.3 Å². The van der Waals surface area contributed by atoms with Crippen LogP contribution in [0.2, 0.25) is 0 Å². The molecule has 1 saturated heterocycles. The summed E-state index contributed by atoms with van der Waals surface area (Å²) in [6, 6.07) is 13.2. The van der Waals surface area contributed by atoms with Crippen molar-refractivity contribution in [2.45, 2.75) is 109 Å². The summed E-state index contributed by atoms with van der Waals surface area (Å²) in [6.07, 6.45) is 1.22. The van der Waals surface area contributed by atoms with Gasteiger partial charge in [-0.05, 0) is 62.3 Å². The highest BCUT2D eigenvalue weighted by atomic mass is 32.1. The Morgan fingerprint density at radius 1 is 0.851 bits per heavy atom. The number of aliphatic hydroxyl groups excluding tert-OH is 1. The molecule has 20 nitrogen and oxygen atoms in total. The van der Waals surface area contributed by atoms with E-state index in [1.54, 1.807) is 13.0 Å². The van der Waals surface area contributed by atoms with Crippen LogP contribution in [0.3, 0.4) is 0 Å². The van der Waals surface area contributed by atoms with Gasteiger partial charge in [0, 0.05) is 47.4 Å². The highest BCUT2D eigenvalue weighted by Crippen LogP contribution is 2.48. The lowest BCUT2D eigenvalue weighted by Gasteiger charge is -2.37.